The predicted molar refractivity (Wildman–Crippen MR) is 332 cm³/mol. The largest absolute Gasteiger partial charge is 0.534 e. The summed E-state index contributed by atoms with van der Waals surface area (Å²) in [5, 5.41) is 19.6. The van der Waals surface area contributed by atoms with Crippen LogP contribution in [0.4, 0.5) is 18.9 Å². The number of rotatable bonds is 9. The summed E-state index contributed by atoms with van der Waals surface area (Å²) in [6, 6.07) is 52.5. The maximum absolute atomic E-state index is 12.0. The summed E-state index contributed by atoms with van der Waals surface area (Å²) in [6.45, 7) is 8.28. The monoisotopic (exact) mass is 1220 g/mol. The van der Waals surface area contributed by atoms with Gasteiger partial charge in [-0.1, -0.05) is 133 Å². The average Bonchev–Trinajstić information content (AvgIpc) is 1.57. The normalized spacial score (nSPS) is 11.0. The van der Waals surface area contributed by atoms with E-state index in [1.165, 1.54) is 33.9 Å². The third-order valence-electron chi connectivity index (χ3n) is 12.9. The molecule has 22 heteroatoms. The zero-order valence-electron chi connectivity index (χ0n) is 49.3. The number of nitrogens with two attached hydrogens (primary N) is 1. The molecule has 1 aromatic heterocycles. The Labute approximate surface area is 505 Å². The summed E-state index contributed by atoms with van der Waals surface area (Å²) in [6.07, 6.45) is 0.196. The molecular weight excluding hydrogens is 1160 g/mol. The highest BCUT2D eigenvalue weighted by atomic mass is 32.2. The SMILES string of the molecule is CC(=O)O.CC(=O)O.COc1cc(-n2c(-c3ccccc3C)nc3c4ccccc4c4ccccc4c32)cc(C)c1OC.COc1cc(N)cc(C)c1OC.N.O=C1C(=O)c2ccccc2-c2ccccc21.O=Cc1ccccc1OS(=O)(=O)C(F)(F)F. The summed E-state index contributed by atoms with van der Waals surface area (Å²) >= 11 is 0. The number of carbonyl (C=O) groups is 5. The Morgan fingerprint density at radius 2 is 0.955 bits per heavy atom. The zero-order valence-corrected chi connectivity index (χ0v) is 50.1. The van der Waals surface area contributed by atoms with Gasteiger partial charge in [0, 0.05) is 59.1 Å². The Hall–Kier alpha value is -10.6. The molecule has 7 N–H and O–H groups in total. The van der Waals surface area contributed by atoms with Crippen molar-refractivity contribution in [2.45, 2.75) is 40.1 Å². The number of carboxylic acids is 2. The van der Waals surface area contributed by atoms with Crippen LogP contribution in [0.2, 0.25) is 0 Å². The number of nitrogen functional groups attached to an aromatic ring is 1. The highest BCUT2D eigenvalue weighted by Gasteiger charge is 2.48. The van der Waals surface area contributed by atoms with Crippen molar-refractivity contribution in [2.24, 2.45) is 0 Å². The molecule has 0 fully saturated rings. The van der Waals surface area contributed by atoms with Gasteiger partial charge in [0.2, 0.25) is 11.6 Å². The number of aliphatic carboxylic acids is 2. The number of aromatic nitrogens is 2. The number of hydrogen-bond acceptors (Lipinski definition) is 15. The van der Waals surface area contributed by atoms with Crippen LogP contribution in [0, 0.1) is 20.8 Å². The van der Waals surface area contributed by atoms with Crippen molar-refractivity contribution in [2.75, 3.05) is 34.2 Å². The molecule has 0 saturated carbocycles. The van der Waals surface area contributed by atoms with Crippen LogP contribution in [0.15, 0.2) is 170 Å². The number of benzene rings is 9. The molecule has 0 aliphatic heterocycles. The van der Waals surface area contributed by atoms with Crippen LogP contribution in [-0.2, 0) is 19.7 Å². The molecule has 0 radical (unpaired) electrons. The molecule has 1 aliphatic carbocycles. The smallest absolute Gasteiger partial charge is 0.493 e. The van der Waals surface area contributed by atoms with E-state index in [2.05, 4.69) is 94.5 Å². The number of hydrogen-bond donors (Lipinski definition) is 4. The highest BCUT2D eigenvalue weighted by molar-refractivity contribution is 7.88. The van der Waals surface area contributed by atoms with Gasteiger partial charge in [-0.3, -0.25) is 28.5 Å². The molecule has 9 aromatic carbocycles. The number of aryl methyl sites for hydroxylation is 3. The van der Waals surface area contributed by atoms with Crippen LogP contribution < -0.4 is 35.0 Å². The van der Waals surface area contributed by atoms with E-state index in [1.54, 1.807) is 58.8 Å². The van der Waals surface area contributed by atoms with E-state index in [9.17, 15) is 36.0 Å². The average molecular weight is 1230 g/mol. The maximum atomic E-state index is 12.0. The minimum Gasteiger partial charge on any atom is -0.493 e. The molecule has 10 aromatic rings. The molecule has 0 saturated heterocycles. The number of halogens is 3. The first-order chi connectivity index (χ1) is 41.3. The van der Waals surface area contributed by atoms with Gasteiger partial charge in [-0.25, -0.2) is 4.98 Å². The molecule has 1 aliphatic rings. The van der Waals surface area contributed by atoms with Gasteiger partial charge in [-0.2, -0.15) is 21.6 Å². The van der Waals surface area contributed by atoms with Crippen molar-refractivity contribution < 1.29 is 78.9 Å². The van der Waals surface area contributed by atoms with E-state index in [-0.39, 0.29) is 18.0 Å². The van der Waals surface area contributed by atoms with Gasteiger partial charge in [0.05, 0.1) is 50.7 Å². The Morgan fingerprint density at radius 3 is 1.43 bits per heavy atom. The van der Waals surface area contributed by atoms with Crippen molar-refractivity contribution in [1.29, 1.82) is 0 Å². The lowest BCUT2D eigenvalue weighted by Gasteiger charge is -2.17. The number of Topliss-reactive ketones (excluding diaryl/α,β-unsaturated/α-hetero) is 2. The van der Waals surface area contributed by atoms with Crippen LogP contribution in [0.1, 0.15) is 61.6 Å². The molecule has 0 unspecified atom stereocenters. The topological polar surface area (TPSA) is 285 Å². The first-order valence-corrected chi connectivity index (χ1v) is 27.6. The summed E-state index contributed by atoms with van der Waals surface area (Å²) in [5.41, 5.74) is 10.5. The van der Waals surface area contributed by atoms with Gasteiger partial charge in [-0.05, 0) is 83.6 Å². The van der Waals surface area contributed by atoms with Crippen molar-refractivity contribution in [3.05, 3.63) is 203 Å². The molecular formula is C66H63F3N4O14S. The van der Waals surface area contributed by atoms with Gasteiger partial charge in [0.15, 0.2) is 35.0 Å². The Balaban J connectivity index is 0.000000223. The van der Waals surface area contributed by atoms with E-state index in [4.69, 9.17) is 49.5 Å². The maximum Gasteiger partial charge on any atom is 0.534 e. The minimum atomic E-state index is -5.74. The number of ether oxygens (including phenoxy) is 4. The molecule has 458 valence electrons. The number of aldehydes is 1. The number of nitrogens with zero attached hydrogens (tertiary/aromatic N) is 2. The van der Waals surface area contributed by atoms with Crippen molar-refractivity contribution in [1.82, 2.24) is 15.7 Å². The fourth-order valence-electron chi connectivity index (χ4n) is 9.30. The second-order valence-electron chi connectivity index (χ2n) is 18.9. The molecule has 0 spiro atoms. The number of anilines is 1. The summed E-state index contributed by atoms with van der Waals surface area (Å²) in [4.78, 5) is 57.4. The molecule has 0 bridgehead atoms. The number of methoxy groups -OCH3 is 4. The Morgan fingerprint density at radius 1 is 0.545 bits per heavy atom. The minimum absolute atomic E-state index is 0. The fourth-order valence-corrected chi connectivity index (χ4v) is 9.79. The molecule has 0 atom stereocenters. The lowest BCUT2D eigenvalue weighted by atomic mass is 9.84. The summed E-state index contributed by atoms with van der Waals surface area (Å²) in [7, 11) is 0.819. The van der Waals surface area contributed by atoms with Gasteiger partial charge >= 0.3 is 15.6 Å². The quantitative estimate of drug-likeness (QED) is 0.0261. The number of alkyl halides is 3. The molecule has 1 heterocycles. The highest BCUT2D eigenvalue weighted by Crippen LogP contribution is 2.42. The van der Waals surface area contributed by atoms with Gasteiger partial charge < -0.3 is 45.2 Å². The zero-order chi connectivity index (χ0) is 63.9. The van der Waals surface area contributed by atoms with Crippen molar-refractivity contribution >= 4 is 78.2 Å². The Kier molecular flexibility index (Phi) is 23.2. The van der Waals surface area contributed by atoms with E-state index in [0.717, 1.165) is 93.2 Å². The van der Waals surface area contributed by atoms with Crippen LogP contribution >= 0.6 is 0 Å². The van der Waals surface area contributed by atoms with Gasteiger partial charge in [0.25, 0.3) is 11.9 Å². The van der Waals surface area contributed by atoms with Crippen LogP contribution in [0.3, 0.4) is 0 Å². The van der Waals surface area contributed by atoms with E-state index in [0.29, 0.717) is 28.3 Å². The number of carbonyl (C=O) groups excluding carboxylic acids is 3. The number of fused-ring (bicyclic) bond motifs is 9. The third kappa shape index (κ3) is 15.6. The summed E-state index contributed by atoms with van der Waals surface area (Å²) < 4.78 is 84.8. The first-order valence-electron chi connectivity index (χ1n) is 26.1. The van der Waals surface area contributed by atoms with Crippen molar-refractivity contribution in [3.63, 3.8) is 0 Å². The standard InChI is InChI=1S/C31H26N2O2.C14H8O2.C9H13NO2.C8H5F3O4S.2C2H4O2.H3N/c1-19-11-5-6-12-22(19)31-32-28-25-15-9-7-13-23(25)24-14-8-10-16-26(24)29(28)33(31)21-17-20(2)30(35-4)27(18-21)34-3;15-13-11-7-3-1-5-9(11)10-6-2-4-8-12(10)14(13)16;1-6-4-7(10)5-8(11-2)9(6)12-3;9-8(10,11)16(13,14)15-7-4-2-1-3-6(7)5-12;2*1-2(3)4;/h5-18H,1-4H3;1-8H;4-5H,10H2,1-3H3;1-5H;2*1H3,(H,3,4);1H3. The first kappa shape index (κ1) is 68.2. The van der Waals surface area contributed by atoms with Crippen LogP contribution in [0.25, 0.3) is 60.8 Å². The molecule has 0 amide bonds. The second kappa shape index (κ2) is 30.0. The Bertz CT molecular complexity index is 4240. The number of imidazole rings is 1. The molecule has 18 nitrogen and oxygen atoms in total. The fraction of sp³-hybridized carbons (Fsp3) is 0.152. The number of para-hydroxylation sites is 1. The lowest BCUT2D eigenvalue weighted by molar-refractivity contribution is -0.135. The van der Waals surface area contributed by atoms with E-state index in [1.807, 2.05) is 50.2 Å². The van der Waals surface area contributed by atoms with E-state index >= 15 is 0 Å². The van der Waals surface area contributed by atoms with Gasteiger partial charge in [-0.15, -0.1) is 0 Å². The van der Waals surface area contributed by atoms with Crippen LogP contribution in [-0.4, -0.2) is 91.9 Å². The lowest BCUT2D eigenvalue weighted by Crippen LogP contribution is -2.28. The number of carboxylic acid groups (broad SMARTS) is 2. The number of ketones is 2. The van der Waals surface area contributed by atoms with Crippen LogP contribution in [0.5, 0.6) is 28.7 Å². The van der Waals surface area contributed by atoms with Crippen molar-refractivity contribution in [3.8, 4) is 56.9 Å². The summed E-state index contributed by atoms with van der Waals surface area (Å²) in [5.74, 6) is 0.630. The van der Waals surface area contributed by atoms with Gasteiger partial charge in [0.1, 0.15) is 5.82 Å². The van der Waals surface area contributed by atoms with E-state index < -0.39 is 44.9 Å². The predicted octanol–water partition coefficient (Wildman–Crippen LogP) is 14.0. The third-order valence-corrected chi connectivity index (χ3v) is 13.8. The molecule has 88 heavy (non-hydrogen) atoms. The second-order valence-corrected chi connectivity index (χ2v) is 20.4. The molecule has 11 rings (SSSR count).